The Hall–Kier alpha value is -1.80. The summed E-state index contributed by atoms with van der Waals surface area (Å²) in [6.07, 6.45) is 1.09. The predicted molar refractivity (Wildman–Crippen MR) is 87.3 cm³/mol. The van der Waals surface area contributed by atoms with Crippen molar-refractivity contribution >= 4 is 5.69 Å². The maximum absolute atomic E-state index is 3.41. The molecule has 0 aliphatic heterocycles. The Morgan fingerprint density at radius 3 is 2.25 bits per heavy atom. The Kier molecular flexibility index (Phi) is 5.19. The Labute approximate surface area is 122 Å². The first-order chi connectivity index (χ1) is 9.70. The average molecular weight is 268 g/mol. The molecule has 0 spiro atoms. The van der Waals surface area contributed by atoms with Crippen molar-refractivity contribution in [2.45, 2.75) is 19.4 Å². The lowest BCUT2D eigenvalue weighted by molar-refractivity contribution is 0.549. The third-order valence-electron chi connectivity index (χ3n) is 3.78. The van der Waals surface area contributed by atoms with Gasteiger partial charge >= 0.3 is 0 Å². The monoisotopic (exact) mass is 268 g/mol. The first-order valence-electron chi connectivity index (χ1n) is 7.20. The number of hydrogen-bond donors (Lipinski definition) is 1. The number of rotatable bonds is 6. The van der Waals surface area contributed by atoms with E-state index < -0.39 is 0 Å². The van der Waals surface area contributed by atoms with Gasteiger partial charge in [-0.1, -0.05) is 48.0 Å². The first-order valence-corrected chi connectivity index (χ1v) is 7.20. The molecule has 0 heterocycles. The van der Waals surface area contributed by atoms with Crippen LogP contribution in [-0.4, -0.2) is 20.6 Å². The summed E-state index contributed by atoms with van der Waals surface area (Å²) in [7, 11) is 4.19. The number of nitrogens with zero attached hydrogens (tertiary/aromatic N) is 1. The Morgan fingerprint density at radius 1 is 1.00 bits per heavy atom. The van der Waals surface area contributed by atoms with Crippen LogP contribution in [0.1, 0.15) is 23.6 Å². The third-order valence-corrected chi connectivity index (χ3v) is 3.78. The van der Waals surface area contributed by atoms with Gasteiger partial charge in [-0.3, -0.25) is 0 Å². The second-order valence-corrected chi connectivity index (χ2v) is 5.30. The van der Waals surface area contributed by atoms with Gasteiger partial charge in [0.2, 0.25) is 0 Å². The van der Waals surface area contributed by atoms with Crippen LogP contribution in [0.4, 0.5) is 5.69 Å². The number of hydrogen-bond acceptors (Lipinski definition) is 2. The fraction of sp³-hybridized carbons (Fsp3) is 0.333. The quantitative estimate of drug-likeness (QED) is 0.857. The number of benzene rings is 2. The van der Waals surface area contributed by atoms with Crippen LogP contribution in [0.25, 0.3) is 0 Å². The predicted octanol–water partition coefficient (Wildman–Crippen LogP) is 3.78. The molecule has 0 saturated carbocycles. The van der Waals surface area contributed by atoms with E-state index in [1.54, 1.807) is 0 Å². The number of nitrogens with one attached hydrogen (secondary N) is 1. The minimum absolute atomic E-state index is 0.407. The molecule has 0 fully saturated rings. The van der Waals surface area contributed by atoms with Crippen molar-refractivity contribution in [3.63, 3.8) is 0 Å². The SMILES string of the molecule is CNC(CCN(C)c1ccc(C)cc1)c1ccccc1. The van der Waals surface area contributed by atoms with E-state index in [4.69, 9.17) is 0 Å². The molecule has 1 N–H and O–H groups in total. The zero-order chi connectivity index (χ0) is 14.4. The van der Waals surface area contributed by atoms with E-state index in [0.717, 1.165) is 13.0 Å². The largest absolute Gasteiger partial charge is 0.375 e. The van der Waals surface area contributed by atoms with Gasteiger partial charge in [0, 0.05) is 25.3 Å². The van der Waals surface area contributed by atoms with Crippen molar-refractivity contribution in [3.8, 4) is 0 Å². The molecule has 2 aromatic carbocycles. The summed E-state index contributed by atoms with van der Waals surface area (Å²) in [4.78, 5) is 2.31. The van der Waals surface area contributed by atoms with E-state index >= 15 is 0 Å². The van der Waals surface area contributed by atoms with Gasteiger partial charge in [-0.25, -0.2) is 0 Å². The minimum Gasteiger partial charge on any atom is -0.375 e. The fourth-order valence-electron chi connectivity index (χ4n) is 2.41. The summed E-state index contributed by atoms with van der Waals surface area (Å²) < 4.78 is 0. The Balaban J connectivity index is 1.94. The molecule has 2 nitrogen and oxygen atoms in total. The maximum Gasteiger partial charge on any atom is 0.0363 e. The van der Waals surface area contributed by atoms with Crippen molar-refractivity contribution in [3.05, 3.63) is 65.7 Å². The van der Waals surface area contributed by atoms with E-state index in [2.05, 4.69) is 78.8 Å². The highest BCUT2D eigenvalue weighted by molar-refractivity contribution is 5.46. The second kappa shape index (κ2) is 7.11. The summed E-state index contributed by atoms with van der Waals surface area (Å²) in [5.74, 6) is 0. The van der Waals surface area contributed by atoms with Crippen LogP contribution < -0.4 is 10.2 Å². The summed E-state index contributed by atoms with van der Waals surface area (Å²) in [5.41, 5.74) is 3.94. The Bertz CT molecular complexity index is 505. The van der Waals surface area contributed by atoms with Gasteiger partial charge in [-0.2, -0.15) is 0 Å². The van der Waals surface area contributed by atoms with Crippen LogP contribution in [0, 0.1) is 6.92 Å². The maximum atomic E-state index is 3.41. The van der Waals surface area contributed by atoms with Gasteiger partial charge in [0.05, 0.1) is 0 Å². The summed E-state index contributed by atoms with van der Waals surface area (Å²) in [5, 5.41) is 3.41. The van der Waals surface area contributed by atoms with E-state index in [0.29, 0.717) is 6.04 Å². The zero-order valence-electron chi connectivity index (χ0n) is 12.6. The molecule has 0 aliphatic carbocycles. The first kappa shape index (κ1) is 14.6. The van der Waals surface area contributed by atoms with E-state index in [1.165, 1.54) is 16.8 Å². The van der Waals surface area contributed by atoms with Gasteiger partial charge in [0.15, 0.2) is 0 Å². The molecule has 1 atom stereocenters. The topological polar surface area (TPSA) is 15.3 Å². The third kappa shape index (κ3) is 3.84. The molecule has 2 aromatic rings. The Morgan fingerprint density at radius 2 is 1.65 bits per heavy atom. The van der Waals surface area contributed by atoms with Crippen LogP contribution in [-0.2, 0) is 0 Å². The van der Waals surface area contributed by atoms with Crippen LogP contribution in [0.15, 0.2) is 54.6 Å². The zero-order valence-corrected chi connectivity index (χ0v) is 12.6. The van der Waals surface area contributed by atoms with Gasteiger partial charge in [-0.05, 0) is 38.1 Å². The highest BCUT2D eigenvalue weighted by atomic mass is 15.1. The molecule has 0 bridgehead atoms. The van der Waals surface area contributed by atoms with Crippen LogP contribution >= 0.6 is 0 Å². The normalized spacial score (nSPS) is 12.2. The molecule has 1 unspecified atom stereocenters. The molecule has 0 amide bonds. The van der Waals surface area contributed by atoms with Gasteiger partial charge in [-0.15, -0.1) is 0 Å². The molecule has 106 valence electrons. The van der Waals surface area contributed by atoms with Crippen molar-refractivity contribution in [2.24, 2.45) is 0 Å². The molecular formula is C18H24N2. The van der Waals surface area contributed by atoms with Gasteiger partial charge in [0.25, 0.3) is 0 Å². The molecule has 0 aromatic heterocycles. The molecule has 0 saturated heterocycles. The lowest BCUT2D eigenvalue weighted by Gasteiger charge is -2.23. The van der Waals surface area contributed by atoms with E-state index in [9.17, 15) is 0 Å². The number of aryl methyl sites for hydroxylation is 1. The van der Waals surface area contributed by atoms with Crippen molar-refractivity contribution < 1.29 is 0 Å². The number of anilines is 1. The van der Waals surface area contributed by atoms with Crippen molar-refractivity contribution in [1.29, 1.82) is 0 Å². The van der Waals surface area contributed by atoms with Crippen molar-refractivity contribution in [2.75, 3.05) is 25.5 Å². The van der Waals surface area contributed by atoms with Gasteiger partial charge in [0.1, 0.15) is 0 Å². The lowest BCUT2D eigenvalue weighted by Crippen LogP contribution is -2.25. The van der Waals surface area contributed by atoms with Crippen LogP contribution in [0.5, 0.6) is 0 Å². The molecule has 20 heavy (non-hydrogen) atoms. The lowest BCUT2D eigenvalue weighted by atomic mass is 10.0. The standard InChI is InChI=1S/C18H24N2/c1-15-9-11-17(12-10-15)20(3)14-13-18(19-2)16-7-5-4-6-8-16/h4-12,18-19H,13-14H2,1-3H3. The summed E-state index contributed by atoms with van der Waals surface area (Å²) in [6.45, 7) is 3.15. The molecule has 2 rings (SSSR count). The van der Waals surface area contributed by atoms with Crippen LogP contribution in [0.3, 0.4) is 0 Å². The molecular weight excluding hydrogens is 244 g/mol. The average Bonchev–Trinajstić information content (AvgIpc) is 2.49. The highest BCUT2D eigenvalue weighted by Gasteiger charge is 2.10. The summed E-state index contributed by atoms with van der Waals surface area (Å²) >= 11 is 0. The summed E-state index contributed by atoms with van der Waals surface area (Å²) in [6, 6.07) is 19.8. The van der Waals surface area contributed by atoms with Crippen LogP contribution in [0.2, 0.25) is 0 Å². The molecule has 0 aliphatic rings. The second-order valence-electron chi connectivity index (χ2n) is 5.30. The molecule has 0 radical (unpaired) electrons. The van der Waals surface area contributed by atoms with E-state index in [1.807, 2.05) is 7.05 Å². The molecule has 2 heteroatoms. The van der Waals surface area contributed by atoms with Crippen molar-refractivity contribution in [1.82, 2.24) is 5.32 Å². The smallest absolute Gasteiger partial charge is 0.0363 e. The van der Waals surface area contributed by atoms with E-state index in [-0.39, 0.29) is 0 Å². The fourth-order valence-corrected chi connectivity index (χ4v) is 2.41. The minimum atomic E-state index is 0.407. The van der Waals surface area contributed by atoms with Gasteiger partial charge < -0.3 is 10.2 Å². The highest BCUT2D eigenvalue weighted by Crippen LogP contribution is 2.19.